The Kier molecular flexibility index (Phi) is 6.38. The predicted octanol–water partition coefficient (Wildman–Crippen LogP) is 6.61. The first-order valence-corrected chi connectivity index (χ1v) is 10.8. The van der Waals surface area contributed by atoms with Crippen LogP contribution in [0.3, 0.4) is 0 Å². The van der Waals surface area contributed by atoms with Gasteiger partial charge in [0, 0.05) is 9.79 Å². The molecule has 3 nitrogen and oxygen atoms in total. The normalized spacial score (nSPS) is 11.2. The van der Waals surface area contributed by atoms with E-state index in [-0.39, 0.29) is 12.2 Å². The van der Waals surface area contributed by atoms with Crippen LogP contribution in [-0.4, -0.2) is 4.57 Å². The molecule has 0 aliphatic heterocycles. The lowest BCUT2D eigenvalue weighted by Crippen LogP contribution is -2.28. The Labute approximate surface area is 192 Å². The van der Waals surface area contributed by atoms with Gasteiger partial charge in [0.15, 0.2) is 0 Å². The predicted molar refractivity (Wildman–Crippen MR) is 122 cm³/mol. The monoisotopic (exact) mass is 462 g/mol. The van der Waals surface area contributed by atoms with Crippen LogP contribution in [0.15, 0.2) is 106 Å². The topological polar surface area (TPSA) is 45.8 Å². The minimum atomic E-state index is -4.83. The molecule has 33 heavy (non-hydrogen) atoms. The van der Waals surface area contributed by atoms with Crippen LogP contribution in [0.4, 0.5) is 13.2 Å². The molecule has 3 aromatic carbocycles. The first-order chi connectivity index (χ1) is 15.9. The molecule has 0 atom stereocenters. The van der Waals surface area contributed by atoms with E-state index in [9.17, 15) is 23.2 Å². The number of rotatable bonds is 5. The van der Waals surface area contributed by atoms with Crippen molar-refractivity contribution in [3.8, 4) is 17.3 Å². The molecular formula is C26H17F3N2OS. The molecule has 0 saturated carbocycles. The van der Waals surface area contributed by atoms with E-state index in [1.165, 1.54) is 22.4 Å². The summed E-state index contributed by atoms with van der Waals surface area (Å²) in [5.74, 6) is 0. The quantitative estimate of drug-likeness (QED) is 0.335. The summed E-state index contributed by atoms with van der Waals surface area (Å²) in [6.07, 6.45) is -4.83. The number of nitriles is 1. The van der Waals surface area contributed by atoms with E-state index in [1.54, 1.807) is 48.5 Å². The lowest BCUT2D eigenvalue weighted by Gasteiger charge is -2.18. The average molecular weight is 462 g/mol. The van der Waals surface area contributed by atoms with E-state index in [4.69, 9.17) is 0 Å². The van der Waals surface area contributed by atoms with E-state index >= 15 is 0 Å². The Morgan fingerprint density at radius 3 is 2.00 bits per heavy atom. The highest BCUT2D eigenvalue weighted by Crippen LogP contribution is 2.35. The van der Waals surface area contributed by atoms with Gasteiger partial charge in [0.1, 0.15) is 11.6 Å². The summed E-state index contributed by atoms with van der Waals surface area (Å²) in [7, 11) is 0. The molecule has 164 valence electrons. The molecule has 4 rings (SSSR count). The maximum absolute atomic E-state index is 13.7. The third-order valence-electron chi connectivity index (χ3n) is 5.03. The lowest BCUT2D eigenvalue weighted by atomic mass is 10.0. The van der Waals surface area contributed by atoms with Crippen molar-refractivity contribution in [2.75, 3.05) is 0 Å². The second kappa shape index (κ2) is 9.39. The fourth-order valence-corrected chi connectivity index (χ4v) is 4.30. The molecule has 0 bridgehead atoms. The summed E-state index contributed by atoms with van der Waals surface area (Å²) in [6, 6.07) is 28.0. The molecule has 1 aromatic heterocycles. The number of nitrogens with zero attached hydrogens (tertiary/aromatic N) is 2. The van der Waals surface area contributed by atoms with Gasteiger partial charge in [0.2, 0.25) is 0 Å². The van der Waals surface area contributed by atoms with Crippen molar-refractivity contribution < 1.29 is 13.2 Å². The van der Waals surface area contributed by atoms with Crippen LogP contribution < -0.4 is 5.56 Å². The largest absolute Gasteiger partial charge is 0.417 e. The SMILES string of the molecule is N#Cc1c(C(F)(F)F)cc(-c2ccc(Sc3ccccc3)cc2)n(Cc2ccccc2)c1=O. The second-order valence-electron chi connectivity index (χ2n) is 7.24. The minimum absolute atomic E-state index is 0.0440. The van der Waals surface area contributed by atoms with E-state index < -0.39 is 22.9 Å². The summed E-state index contributed by atoms with van der Waals surface area (Å²) >= 11 is 1.52. The number of pyridine rings is 1. The van der Waals surface area contributed by atoms with Gasteiger partial charge >= 0.3 is 6.18 Å². The Hall–Kier alpha value is -3.76. The van der Waals surface area contributed by atoms with Gasteiger partial charge in [-0.1, -0.05) is 72.4 Å². The molecule has 1 heterocycles. The zero-order valence-electron chi connectivity index (χ0n) is 17.2. The molecule has 7 heteroatoms. The highest BCUT2D eigenvalue weighted by molar-refractivity contribution is 7.99. The fraction of sp³-hybridized carbons (Fsp3) is 0.0769. The Balaban J connectivity index is 1.82. The molecule has 0 fully saturated rings. The minimum Gasteiger partial charge on any atom is -0.303 e. The zero-order valence-corrected chi connectivity index (χ0v) is 18.0. The molecule has 0 amide bonds. The second-order valence-corrected chi connectivity index (χ2v) is 8.39. The first kappa shape index (κ1) is 22.4. The van der Waals surface area contributed by atoms with Crippen LogP contribution in [0.1, 0.15) is 16.7 Å². The molecule has 4 aromatic rings. The molecule has 0 aliphatic carbocycles. The van der Waals surface area contributed by atoms with Crippen molar-refractivity contribution in [1.29, 1.82) is 5.26 Å². The van der Waals surface area contributed by atoms with Crippen molar-refractivity contribution in [2.24, 2.45) is 0 Å². The third kappa shape index (κ3) is 5.02. The molecule has 0 unspecified atom stereocenters. The number of alkyl halides is 3. The lowest BCUT2D eigenvalue weighted by molar-refractivity contribution is -0.137. The van der Waals surface area contributed by atoms with Gasteiger partial charge < -0.3 is 4.57 Å². The zero-order chi connectivity index (χ0) is 23.4. The average Bonchev–Trinajstić information content (AvgIpc) is 2.81. The molecular weight excluding hydrogens is 445 g/mol. The van der Waals surface area contributed by atoms with Crippen LogP contribution in [-0.2, 0) is 12.7 Å². The van der Waals surface area contributed by atoms with E-state index in [2.05, 4.69) is 0 Å². The van der Waals surface area contributed by atoms with Gasteiger partial charge in [-0.15, -0.1) is 0 Å². The first-order valence-electron chi connectivity index (χ1n) is 9.99. The van der Waals surface area contributed by atoms with Crippen molar-refractivity contribution in [2.45, 2.75) is 22.5 Å². The van der Waals surface area contributed by atoms with Crippen LogP contribution >= 0.6 is 11.8 Å². The standard InChI is InChI=1S/C26H17F3N2OS/c27-26(28,29)23-15-24(19-11-13-21(14-12-19)33-20-9-5-2-6-10-20)31(25(32)22(23)16-30)17-18-7-3-1-4-8-18/h1-15H,17H2. The van der Waals surface area contributed by atoms with Gasteiger partial charge in [-0.05, 0) is 41.5 Å². The summed E-state index contributed by atoms with van der Waals surface area (Å²) in [6.45, 7) is 0.0440. The van der Waals surface area contributed by atoms with Gasteiger partial charge in [-0.25, -0.2) is 0 Å². The number of aromatic nitrogens is 1. The smallest absolute Gasteiger partial charge is 0.303 e. The number of hydrogen-bond donors (Lipinski definition) is 0. The van der Waals surface area contributed by atoms with Crippen LogP contribution in [0, 0.1) is 11.3 Å². The Morgan fingerprint density at radius 2 is 1.42 bits per heavy atom. The van der Waals surface area contributed by atoms with E-state index in [0.29, 0.717) is 5.56 Å². The van der Waals surface area contributed by atoms with Crippen molar-refractivity contribution in [1.82, 2.24) is 4.57 Å². The molecule has 0 N–H and O–H groups in total. The highest BCUT2D eigenvalue weighted by atomic mass is 32.2. The number of benzene rings is 3. The third-order valence-corrected chi connectivity index (χ3v) is 6.05. The molecule has 0 saturated heterocycles. The van der Waals surface area contributed by atoms with Crippen LogP contribution in [0.5, 0.6) is 0 Å². The number of halogens is 3. The van der Waals surface area contributed by atoms with Gasteiger partial charge in [-0.2, -0.15) is 18.4 Å². The van der Waals surface area contributed by atoms with Gasteiger partial charge in [-0.3, -0.25) is 4.79 Å². The van der Waals surface area contributed by atoms with Crippen molar-refractivity contribution in [3.63, 3.8) is 0 Å². The number of hydrogen-bond acceptors (Lipinski definition) is 3. The highest BCUT2D eigenvalue weighted by Gasteiger charge is 2.36. The fourth-order valence-electron chi connectivity index (χ4n) is 3.46. The Morgan fingerprint density at radius 1 is 0.848 bits per heavy atom. The Bertz CT molecular complexity index is 1360. The summed E-state index contributed by atoms with van der Waals surface area (Å²) in [5.41, 5.74) is -1.80. The van der Waals surface area contributed by atoms with Crippen LogP contribution in [0.2, 0.25) is 0 Å². The maximum Gasteiger partial charge on any atom is 0.417 e. The molecule has 0 spiro atoms. The summed E-state index contributed by atoms with van der Waals surface area (Å²) < 4.78 is 42.2. The summed E-state index contributed by atoms with van der Waals surface area (Å²) in [5, 5.41) is 9.33. The van der Waals surface area contributed by atoms with Crippen LogP contribution in [0.25, 0.3) is 11.3 Å². The van der Waals surface area contributed by atoms with Gasteiger partial charge in [0.05, 0.1) is 17.8 Å². The van der Waals surface area contributed by atoms with Gasteiger partial charge in [0.25, 0.3) is 5.56 Å². The van der Waals surface area contributed by atoms with E-state index in [0.717, 1.165) is 21.4 Å². The maximum atomic E-state index is 13.7. The summed E-state index contributed by atoms with van der Waals surface area (Å²) in [4.78, 5) is 15.0. The van der Waals surface area contributed by atoms with E-state index in [1.807, 2.05) is 36.4 Å². The van der Waals surface area contributed by atoms with Crippen molar-refractivity contribution in [3.05, 3.63) is 118 Å². The molecule has 0 radical (unpaired) electrons. The molecule has 0 aliphatic rings. The van der Waals surface area contributed by atoms with Crippen molar-refractivity contribution >= 4 is 11.8 Å².